The number of hydrogen-bond acceptors (Lipinski definition) is 2. The number of halogens is 3. The maximum absolute atomic E-state index is 12.1. The Kier molecular flexibility index (Phi) is 4.21. The molecule has 3 nitrogen and oxygen atoms in total. The van der Waals surface area contributed by atoms with Gasteiger partial charge in [0.2, 0.25) is 0 Å². The third kappa shape index (κ3) is 3.38. The number of amides is 1. The van der Waals surface area contributed by atoms with Crippen molar-refractivity contribution in [2.75, 3.05) is 7.11 Å². The second-order valence-electron chi connectivity index (χ2n) is 3.94. The first kappa shape index (κ1) is 14.3. The van der Waals surface area contributed by atoms with E-state index in [4.69, 9.17) is 4.74 Å². The smallest absolute Gasteiger partial charge is 0.471 e. The van der Waals surface area contributed by atoms with Gasteiger partial charge in [-0.25, -0.2) is 0 Å². The average Bonchev–Trinajstić information content (AvgIpc) is 2.27. The molecule has 0 bridgehead atoms. The molecule has 1 aromatic carbocycles. The van der Waals surface area contributed by atoms with Gasteiger partial charge in [-0.15, -0.1) is 0 Å². The highest BCUT2D eigenvalue weighted by Crippen LogP contribution is 2.27. The van der Waals surface area contributed by atoms with Crippen molar-refractivity contribution in [2.24, 2.45) is 0 Å². The molecule has 6 heteroatoms. The molecule has 18 heavy (non-hydrogen) atoms. The lowest BCUT2D eigenvalue weighted by Crippen LogP contribution is -2.38. The van der Waals surface area contributed by atoms with Crippen LogP contribution >= 0.6 is 0 Å². The van der Waals surface area contributed by atoms with Gasteiger partial charge in [-0.2, -0.15) is 13.2 Å². The largest absolute Gasteiger partial charge is 0.496 e. The Bertz CT molecular complexity index is 443. The number of carbonyl (C=O) groups is 1. The topological polar surface area (TPSA) is 38.3 Å². The van der Waals surface area contributed by atoms with E-state index in [1.54, 1.807) is 25.1 Å². The van der Waals surface area contributed by atoms with Crippen molar-refractivity contribution in [2.45, 2.75) is 26.1 Å². The summed E-state index contributed by atoms with van der Waals surface area (Å²) in [5, 5.41) is 1.89. The number of rotatable bonds is 3. The molecule has 1 rings (SSSR count). The fourth-order valence-corrected chi connectivity index (χ4v) is 1.55. The Balaban J connectivity index is 2.93. The molecule has 0 spiro atoms. The highest BCUT2D eigenvalue weighted by atomic mass is 19.4. The number of methoxy groups -OCH3 is 1. The highest BCUT2D eigenvalue weighted by Gasteiger charge is 2.39. The van der Waals surface area contributed by atoms with Crippen LogP contribution in [0.5, 0.6) is 5.75 Å². The van der Waals surface area contributed by atoms with Crippen LogP contribution in [0.3, 0.4) is 0 Å². The molecular formula is C12H14F3NO2. The van der Waals surface area contributed by atoms with Gasteiger partial charge in [-0.05, 0) is 19.9 Å². The minimum Gasteiger partial charge on any atom is -0.496 e. The van der Waals surface area contributed by atoms with Crippen LogP contribution < -0.4 is 10.1 Å². The zero-order valence-electron chi connectivity index (χ0n) is 10.3. The van der Waals surface area contributed by atoms with Crippen molar-refractivity contribution < 1.29 is 22.7 Å². The third-order valence-corrected chi connectivity index (χ3v) is 2.46. The fourth-order valence-electron chi connectivity index (χ4n) is 1.55. The van der Waals surface area contributed by atoms with Crippen molar-refractivity contribution in [1.82, 2.24) is 5.32 Å². The maximum atomic E-state index is 12.1. The standard InChI is InChI=1S/C12H14F3NO2/c1-7-4-5-10(18-3)9(6-7)8(2)16-11(17)12(13,14)15/h4-6,8H,1-3H3,(H,16,17). The zero-order chi connectivity index (χ0) is 13.9. The first-order valence-corrected chi connectivity index (χ1v) is 5.28. The molecule has 1 amide bonds. The van der Waals surface area contributed by atoms with E-state index in [9.17, 15) is 18.0 Å². The zero-order valence-corrected chi connectivity index (χ0v) is 10.3. The monoisotopic (exact) mass is 261 g/mol. The molecule has 0 saturated heterocycles. The van der Waals surface area contributed by atoms with Gasteiger partial charge in [0.1, 0.15) is 5.75 Å². The Morgan fingerprint density at radius 1 is 1.39 bits per heavy atom. The summed E-state index contributed by atoms with van der Waals surface area (Å²) in [6.07, 6.45) is -4.88. The van der Waals surface area contributed by atoms with Gasteiger partial charge in [-0.3, -0.25) is 4.79 Å². The van der Waals surface area contributed by atoms with Crippen LogP contribution in [0.15, 0.2) is 18.2 Å². The lowest BCUT2D eigenvalue weighted by atomic mass is 10.0. The Labute approximate surface area is 103 Å². The third-order valence-electron chi connectivity index (χ3n) is 2.46. The predicted molar refractivity (Wildman–Crippen MR) is 60.3 cm³/mol. The van der Waals surface area contributed by atoms with E-state index in [-0.39, 0.29) is 0 Å². The second-order valence-corrected chi connectivity index (χ2v) is 3.94. The van der Waals surface area contributed by atoms with E-state index in [0.717, 1.165) is 5.56 Å². The summed E-state index contributed by atoms with van der Waals surface area (Å²) in [6.45, 7) is 3.28. The minimum atomic E-state index is -4.88. The van der Waals surface area contributed by atoms with Gasteiger partial charge in [0.15, 0.2) is 0 Å². The molecule has 0 saturated carbocycles. The molecule has 1 aromatic rings. The first-order valence-electron chi connectivity index (χ1n) is 5.28. The van der Waals surface area contributed by atoms with Crippen molar-refractivity contribution in [1.29, 1.82) is 0 Å². The van der Waals surface area contributed by atoms with E-state index in [0.29, 0.717) is 11.3 Å². The van der Waals surface area contributed by atoms with Crippen molar-refractivity contribution in [3.05, 3.63) is 29.3 Å². The van der Waals surface area contributed by atoms with Gasteiger partial charge in [-0.1, -0.05) is 17.7 Å². The van der Waals surface area contributed by atoms with Crippen molar-refractivity contribution in [3.63, 3.8) is 0 Å². The van der Waals surface area contributed by atoms with E-state index >= 15 is 0 Å². The van der Waals surface area contributed by atoms with Crippen molar-refractivity contribution >= 4 is 5.91 Å². The van der Waals surface area contributed by atoms with Crippen LogP contribution in [0, 0.1) is 6.92 Å². The minimum absolute atomic E-state index is 0.440. The van der Waals surface area contributed by atoms with Gasteiger partial charge in [0, 0.05) is 5.56 Å². The number of alkyl halides is 3. The van der Waals surface area contributed by atoms with Crippen LogP contribution in [0.4, 0.5) is 13.2 Å². The molecule has 100 valence electrons. The molecule has 0 aliphatic carbocycles. The maximum Gasteiger partial charge on any atom is 0.471 e. The normalized spacial score (nSPS) is 13.0. The Morgan fingerprint density at radius 2 is 2.00 bits per heavy atom. The summed E-state index contributed by atoms with van der Waals surface area (Å²) >= 11 is 0. The number of nitrogens with one attached hydrogen (secondary N) is 1. The molecular weight excluding hydrogens is 247 g/mol. The summed E-state index contributed by atoms with van der Waals surface area (Å²) in [5.41, 5.74) is 1.38. The Morgan fingerprint density at radius 3 is 2.50 bits per heavy atom. The molecule has 0 heterocycles. The quantitative estimate of drug-likeness (QED) is 0.908. The SMILES string of the molecule is COc1ccc(C)cc1C(C)NC(=O)C(F)(F)F. The van der Waals surface area contributed by atoms with Gasteiger partial charge >= 0.3 is 12.1 Å². The summed E-state index contributed by atoms with van der Waals surface area (Å²) in [4.78, 5) is 10.9. The van der Waals surface area contributed by atoms with Crippen LogP contribution in [0.25, 0.3) is 0 Å². The van der Waals surface area contributed by atoms with Gasteiger partial charge in [0.05, 0.1) is 13.2 Å². The molecule has 1 atom stereocenters. The van der Waals surface area contributed by atoms with Crippen LogP contribution in [-0.4, -0.2) is 19.2 Å². The van der Waals surface area contributed by atoms with E-state index in [1.807, 2.05) is 5.32 Å². The molecule has 0 aromatic heterocycles. The molecule has 1 unspecified atom stereocenters. The molecule has 0 radical (unpaired) electrons. The van der Waals surface area contributed by atoms with Crippen LogP contribution in [0.1, 0.15) is 24.1 Å². The predicted octanol–water partition coefficient (Wildman–Crippen LogP) is 2.74. The van der Waals surface area contributed by atoms with Crippen molar-refractivity contribution in [3.8, 4) is 5.75 Å². The van der Waals surface area contributed by atoms with E-state index < -0.39 is 18.1 Å². The number of benzene rings is 1. The fraction of sp³-hybridized carbons (Fsp3) is 0.417. The summed E-state index contributed by atoms with van der Waals surface area (Å²) in [7, 11) is 1.42. The van der Waals surface area contributed by atoms with E-state index in [1.165, 1.54) is 14.0 Å². The number of ether oxygens (including phenoxy) is 1. The second kappa shape index (κ2) is 5.29. The lowest BCUT2D eigenvalue weighted by Gasteiger charge is -2.18. The average molecular weight is 261 g/mol. The molecule has 0 aliphatic heterocycles. The summed E-state index contributed by atoms with van der Waals surface area (Å²) < 4.78 is 41.5. The molecule has 0 aliphatic rings. The summed E-state index contributed by atoms with van der Waals surface area (Å²) in [6, 6.07) is 4.33. The van der Waals surface area contributed by atoms with Gasteiger partial charge in [0.25, 0.3) is 0 Å². The van der Waals surface area contributed by atoms with E-state index in [2.05, 4.69) is 0 Å². The van der Waals surface area contributed by atoms with Crippen LogP contribution in [-0.2, 0) is 4.79 Å². The molecule has 1 N–H and O–H groups in total. The number of aryl methyl sites for hydroxylation is 1. The molecule has 0 fully saturated rings. The lowest BCUT2D eigenvalue weighted by molar-refractivity contribution is -0.174. The van der Waals surface area contributed by atoms with Gasteiger partial charge < -0.3 is 10.1 Å². The highest BCUT2D eigenvalue weighted by molar-refractivity contribution is 5.82. The number of hydrogen-bond donors (Lipinski definition) is 1. The first-order chi connectivity index (χ1) is 8.25. The Hall–Kier alpha value is -1.72. The summed E-state index contributed by atoms with van der Waals surface area (Å²) in [5.74, 6) is -1.52. The number of carbonyl (C=O) groups excluding carboxylic acids is 1. The van der Waals surface area contributed by atoms with Crippen LogP contribution in [0.2, 0.25) is 0 Å².